The van der Waals surface area contributed by atoms with Gasteiger partial charge >= 0.3 is 0 Å². The monoisotopic (exact) mass is 411 g/mol. The lowest BCUT2D eigenvalue weighted by Crippen LogP contribution is -2.27. The van der Waals surface area contributed by atoms with E-state index in [4.69, 9.17) is 9.47 Å². The van der Waals surface area contributed by atoms with Crippen LogP contribution in [0, 0.1) is 0 Å². The minimum absolute atomic E-state index is 0.0362. The fraction of sp³-hybridized carbons (Fsp3) is 0.273. The summed E-state index contributed by atoms with van der Waals surface area (Å²) >= 11 is 1.44. The number of methoxy groups -OCH3 is 2. The first-order valence-electron chi connectivity index (χ1n) is 9.18. The molecule has 3 aromatic rings. The Labute approximate surface area is 175 Å². The van der Waals surface area contributed by atoms with Crippen LogP contribution >= 0.6 is 11.8 Å². The molecule has 0 N–H and O–H groups in total. The van der Waals surface area contributed by atoms with E-state index in [0.29, 0.717) is 23.8 Å². The highest BCUT2D eigenvalue weighted by Crippen LogP contribution is 2.28. The molecule has 0 radical (unpaired) electrons. The zero-order valence-corrected chi connectivity index (χ0v) is 17.9. The third-order valence-corrected chi connectivity index (χ3v) is 5.66. The Kier molecular flexibility index (Phi) is 6.82. The van der Waals surface area contributed by atoms with E-state index in [1.165, 1.54) is 11.8 Å². The van der Waals surface area contributed by atoms with Crippen LogP contribution in [-0.2, 0) is 18.4 Å². The number of thioether (sulfide) groups is 1. The highest BCUT2D eigenvalue weighted by molar-refractivity contribution is 7.99. The number of hydrogen-bond acceptors (Lipinski definition) is 5. The van der Waals surface area contributed by atoms with Crippen molar-refractivity contribution >= 4 is 17.7 Å². The maximum atomic E-state index is 12.6. The number of nitrogens with zero attached hydrogens (tertiary/aromatic N) is 3. The number of benzene rings is 2. The molecule has 0 aliphatic heterocycles. The maximum Gasteiger partial charge on any atom is 0.233 e. The second kappa shape index (κ2) is 9.52. The summed E-state index contributed by atoms with van der Waals surface area (Å²) in [5.74, 6) is 1.68. The Bertz CT molecular complexity index is 973. The lowest BCUT2D eigenvalue weighted by Gasteiger charge is -2.18. The SMILES string of the molecule is COc1ccc(CN(C)C(=O)CSc2ncc(-c3ccccc3)n2C)cc1OC. The van der Waals surface area contributed by atoms with Gasteiger partial charge in [0.2, 0.25) is 5.91 Å². The van der Waals surface area contributed by atoms with Crippen LogP contribution < -0.4 is 9.47 Å². The minimum atomic E-state index is 0.0362. The summed E-state index contributed by atoms with van der Waals surface area (Å²) in [7, 11) is 6.97. The predicted octanol–water partition coefficient (Wildman–Crippen LogP) is 3.86. The molecule has 0 fully saturated rings. The van der Waals surface area contributed by atoms with E-state index < -0.39 is 0 Å². The zero-order valence-electron chi connectivity index (χ0n) is 17.1. The topological polar surface area (TPSA) is 56.6 Å². The van der Waals surface area contributed by atoms with Crippen LogP contribution in [0.1, 0.15) is 5.56 Å². The molecule has 7 heteroatoms. The fourth-order valence-electron chi connectivity index (χ4n) is 2.98. The molecule has 0 spiro atoms. The first kappa shape index (κ1) is 20.8. The van der Waals surface area contributed by atoms with Gasteiger partial charge in [-0.05, 0) is 23.3 Å². The van der Waals surface area contributed by atoms with Crippen LogP contribution in [-0.4, -0.2) is 47.4 Å². The summed E-state index contributed by atoms with van der Waals surface area (Å²) in [6.07, 6.45) is 1.84. The average molecular weight is 412 g/mol. The predicted molar refractivity (Wildman–Crippen MR) is 115 cm³/mol. The molecule has 0 unspecified atom stereocenters. The third kappa shape index (κ3) is 4.92. The Hall–Kier alpha value is -2.93. The number of hydrogen-bond donors (Lipinski definition) is 0. The van der Waals surface area contributed by atoms with Crippen molar-refractivity contribution in [2.75, 3.05) is 27.0 Å². The van der Waals surface area contributed by atoms with Gasteiger partial charge in [0.15, 0.2) is 16.7 Å². The van der Waals surface area contributed by atoms with E-state index in [0.717, 1.165) is 22.0 Å². The highest BCUT2D eigenvalue weighted by Gasteiger charge is 2.15. The van der Waals surface area contributed by atoms with Crippen molar-refractivity contribution < 1.29 is 14.3 Å². The summed E-state index contributed by atoms with van der Waals surface area (Å²) in [4.78, 5) is 18.8. The van der Waals surface area contributed by atoms with Crippen molar-refractivity contribution in [2.24, 2.45) is 7.05 Å². The molecule has 6 nitrogen and oxygen atoms in total. The highest BCUT2D eigenvalue weighted by atomic mass is 32.2. The molecular weight excluding hydrogens is 386 g/mol. The van der Waals surface area contributed by atoms with Gasteiger partial charge < -0.3 is 18.9 Å². The molecule has 2 aromatic carbocycles. The van der Waals surface area contributed by atoms with Crippen molar-refractivity contribution in [2.45, 2.75) is 11.7 Å². The second-order valence-electron chi connectivity index (χ2n) is 6.58. The second-order valence-corrected chi connectivity index (χ2v) is 7.52. The van der Waals surface area contributed by atoms with Gasteiger partial charge in [0.1, 0.15) is 0 Å². The van der Waals surface area contributed by atoms with E-state index in [1.54, 1.807) is 26.2 Å². The maximum absolute atomic E-state index is 12.6. The van der Waals surface area contributed by atoms with Crippen LogP contribution in [0.2, 0.25) is 0 Å². The van der Waals surface area contributed by atoms with E-state index in [1.807, 2.05) is 66.3 Å². The van der Waals surface area contributed by atoms with E-state index in [2.05, 4.69) is 4.98 Å². The molecule has 3 rings (SSSR count). The van der Waals surface area contributed by atoms with Crippen molar-refractivity contribution in [3.8, 4) is 22.8 Å². The van der Waals surface area contributed by atoms with Crippen molar-refractivity contribution in [1.29, 1.82) is 0 Å². The summed E-state index contributed by atoms with van der Waals surface area (Å²) in [5.41, 5.74) is 3.11. The van der Waals surface area contributed by atoms with Crippen molar-refractivity contribution in [1.82, 2.24) is 14.5 Å². The summed E-state index contributed by atoms with van der Waals surface area (Å²) in [5, 5.41) is 0.816. The molecule has 0 bridgehead atoms. The molecule has 1 heterocycles. The molecule has 0 aliphatic rings. The van der Waals surface area contributed by atoms with Gasteiger partial charge in [-0.15, -0.1) is 0 Å². The average Bonchev–Trinajstić information content (AvgIpc) is 3.12. The van der Waals surface area contributed by atoms with Gasteiger partial charge in [-0.2, -0.15) is 0 Å². The smallest absolute Gasteiger partial charge is 0.233 e. The van der Waals surface area contributed by atoms with Crippen molar-refractivity contribution in [3.05, 3.63) is 60.3 Å². The van der Waals surface area contributed by atoms with E-state index in [9.17, 15) is 4.79 Å². The molecule has 0 atom stereocenters. The standard InChI is InChI=1S/C22H25N3O3S/c1-24(14-16-10-11-19(27-3)20(12-16)28-4)21(26)15-29-22-23-13-18(25(22)2)17-8-6-5-7-9-17/h5-13H,14-15H2,1-4H3. The van der Waals surface area contributed by atoms with E-state index in [-0.39, 0.29) is 5.91 Å². The number of imidazole rings is 1. The van der Waals surface area contributed by atoms with Crippen LogP contribution in [0.5, 0.6) is 11.5 Å². The summed E-state index contributed by atoms with van der Waals surface area (Å²) in [6.45, 7) is 0.496. The Morgan fingerprint density at radius 1 is 1.10 bits per heavy atom. The lowest BCUT2D eigenvalue weighted by atomic mass is 10.2. The lowest BCUT2D eigenvalue weighted by molar-refractivity contribution is -0.127. The molecular formula is C22H25N3O3S. The summed E-state index contributed by atoms with van der Waals surface area (Å²) in [6, 6.07) is 15.8. The van der Waals surface area contributed by atoms with Gasteiger partial charge in [0.25, 0.3) is 0 Å². The molecule has 1 aromatic heterocycles. The minimum Gasteiger partial charge on any atom is -0.493 e. The zero-order chi connectivity index (χ0) is 20.8. The van der Waals surface area contributed by atoms with E-state index >= 15 is 0 Å². The van der Waals surface area contributed by atoms with Gasteiger partial charge in [-0.25, -0.2) is 4.98 Å². The molecule has 0 saturated heterocycles. The third-order valence-electron chi connectivity index (χ3n) is 4.63. The molecule has 0 saturated carbocycles. The van der Waals surface area contributed by atoms with Gasteiger partial charge in [-0.3, -0.25) is 4.79 Å². The fourth-order valence-corrected chi connectivity index (χ4v) is 3.87. The van der Waals surface area contributed by atoms with Crippen molar-refractivity contribution in [3.63, 3.8) is 0 Å². The Morgan fingerprint density at radius 2 is 1.83 bits per heavy atom. The van der Waals surface area contributed by atoms with Crippen LogP contribution in [0.15, 0.2) is 59.9 Å². The number of amides is 1. The van der Waals surface area contributed by atoms with Crippen LogP contribution in [0.3, 0.4) is 0 Å². The molecule has 29 heavy (non-hydrogen) atoms. The molecule has 0 aliphatic carbocycles. The Balaban J connectivity index is 1.60. The number of carbonyl (C=O) groups is 1. The number of rotatable bonds is 8. The number of carbonyl (C=O) groups excluding carboxylic acids is 1. The van der Waals surface area contributed by atoms with Crippen LogP contribution in [0.25, 0.3) is 11.3 Å². The number of ether oxygens (including phenoxy) is 2. The van der Waals surface area contributed by atoms with Gasteiger partial charge in [0, 0.05) is 20.6 Å². The van der Waals surface area contributed by atoms with Gasteiger partial charge in [0.05, 0.1) is 31.9 Å². The summed E-state index contributed by atoms with van der Waals surface area (Å²) < 4.78 is 12.6. The quantitative estimate of drug-likeness (QED) is 0.527. The largest absolute Gasteiger partial charge is 0.493 e. The molecule has 1 amide bonds. The first-order chi connectivity index (χ1) is 14.0. The molecule has 152 valence electrons. The normalized spacial score (nSPS) is 10.6. The van der Waals surface area contributed by atoms with Crippen LogP contribution in [0.4, 0.5) is 0 Å². The first-order valence-corrected chi connectivity index (χ1v) is 10.2. The number of aromatic nitrogens is 2. The Morgan fingerprint density at radius 3 is 2.52 bits per heavy atom. The van der Waals surface area contributed by atoms with Gasteiger partial charge in [-0.1, -0.05) is 48.2 Å².